The van der Waals surface area contributed by atoms with E-state index in [0.29, 0.717) is 10.0 Å². The van der Waals surface area contributed by atoms with E-state index in [1.807, 2.05) is 23.6 Å². The number of aliphatic hydroxyl groups excluding tert-OH is 1. The molecule has 1 aromatic carbocycles. The quantitative estimate of drug-likeness (QED) is 0.516. The molecule has 1 heterocycles. The minimum atomic E-state index is -0.166. The lowest BCUT2D eigenvalue weighted by Crippen LogP contribution is -1.90. The average Bonchev–Trinajstić information content (AvgIpc) is 2.89. The van der Waals surface area contributed by atoms with Crippen LogP contribution in [-0.2, 0) is 0 Å². The molecular weight excluding hydrogens is 303 g/mol. The highest BCUT2D eigenvalue weighted by atomic mass is 35.5. The predicted octanol–water partition coefficient (Wildman–Crippen LogP) is 4.49. The number of alkyl halides is 1. The first-order chi connectivity index (χ1) is 9.15. The van der Waals surface area contributed by atoms with Gasteiger partial charge in [0.05, 0.1) is 11.6 Å². The largest absolute Gasteiger partial charge is 0.510 e. The predicted molar refractivity (Wildman–Crippen MR) is 78.4 cm³/mol. The van der Waals surface area contributed by atoms with Crippen molar-refractivity contribution in [3.8, 4) is 17.3 Å². The molecule has 0 aliphatic rings. The summed E-state index contributed by atoms with van der Waals surface area (Å²) < 4.78 is 0. The maximum Gasteiger partial charge on any atom is 0.138 e. The molecule has 3 nitrogen and oxygen atoms in total. The van der Waals surface area contributed by atoms with E-state index < -0.39 is 0 Å². The van der Waals surface area contributed by atoms with E-state index in [2.05, 4.69) is 4.98 Å². The summed E-state index contributed by atoms with van der Waals surface area (Å²) in [5, 5.41) is 21.5. The highest BCUT2D eigenvalue weighted by Gasteiger charge is 2.13. The number of halogens is 2. The molecule has 0 radical (unpaired) electrons. The van der Waals surface area contributed by atoms with Gasteiger partial charge < -0.3 is 5.11 Å². The van der Waals surface area contributed by atoms with Gasteiger partial charge in [-0.2, -0.15) is 5.26 Å². The molecule has 0 spiro atoms. The van der Waals surface area contributed by atoms with Gasteiger partial charge in [0.1, 0.15) is 22.4 Å². The standard InChI is InChI=1S/C13H8Cl2N2OS/c14-5-12(18)10(6-16)13-17-11(7-19-13)8-1-3-9(15)4-2-8/h1-4,7,18H,5H2. The number of allylic oxidation sites excluding steroid dienone is 2. The SMILES string of the molecule is N#CC(=C(O)CCl)c1nc(-c2ccc(Cl)cc2)cs1. The van der Waals surface area contributed by atoms with Crippen LogP contribution in [-0.4, -0.2) is 16.0 Å². The third kappa shape index (κ3) is 3.07. The second-order valence-electron chi connectivity index (χ2n) is 3.61. The summed E-state index contributed by atoms with van der Waals surface area (Å²) in [6.45, 7) is 0. The fourth-order valence-corrected chi connectivity index (χ4v) is 2.55. The minimum absolute atomic E-state index is 0.111. The van der Waals surface area contributed by atoms with Crippen LogP contribution in [0.4, 0.5) is 0 Å². The van der Waals surface area contributed by atoms with Crippen LogP contribution >= 0.6 is 34.5 Å². The summed E-state index contributed by atoms with van der Waals surface area (Å²) in [5.41, 5.74) is 1.74. The monoisotopic (exact) mass is 310 g/mol. The van der Waals surface area contributed by atoms with Gasteiger partial charge in [-0.3, -0.25) is 0 Å². The van der Waals surface area contributed by atoms with E-state index in [0.717, 1.165) is 11.3 Å². The maximum atomic E-state index is 9.56. The Hall–Kier alpha value is -1.54. The van der Waals surface area contributed by atoms with E-state index in [1.165, 1.54) is 11.3 Å². The molecule has 2 rings (SSSR count). The number of nitrogens with zero attached hydrogens (tertiary/aromatic N) is 2. The van der Waals surface area contributed by atoms with Crippen LogP contribution < -0.4 is 0 Å². The highest BCUT2D eigenvalue weighted by Crippen LogP contribution is 2.28. The second kappa shape index (κ2) is 6.07. The van der Waals surface area contributed by atoms with E-state index in [-0.39, 0.29) is 17.2 Å². The molecule has 19 heavy (non-hydrogen) atoms. The zero-order valence-corrected chi connectivity index (χ0v) is 11.9. The Morgan fingerprint density at radius 2 is 2.05 bits per heavy atom. The summed E-state index contributed by atoms with van der Waals surface area (Å²) in [6, 6.07) is 9.15. The van der Waals surface area contributed by atoms with E-state index in [9.17, 15) is 5.11 Å². The molecular formula is C13H8Cl2N2OS. The molecule has 0 unspecified atom stereocenters. The van der Waals surface area contributed by atoms with Gasteiger partial charge in [-0.15, -0.1) is 22.9 Å². The Bertz CT molecular complexity index is 656. The summed E-state index contributed by atoms with van der Waals surface area (Å²) >= 11 is 12.6. The third-order valence-corrected chi connectivity index (χ3v) is 3.75. The highest BCUT2D eigenvalue weighted by molar-refractivity contribution is 7.11. The molecule has 0 bridgehead atoms. The van der Waals surface area contributed by atoms with Gasteiger partial charge in [-0.1, -0.05) is 23.7 Å². The second-order valence-corrected chi connectivity index (χ2v) is 5.17. The van der Waals surface area contributed by atoms with Gasteiger partial charge in [-0.05, 0) is 12.1 Å². The molecule has 0 aliphatic carbocycles. The average molecular weight is 311 g/mol. The smallest absolute Gasteiger partial charge is 0.138 e. The molecule has 96 valence electrons. The molecule has 1 N–H and O–H groups in total. The first-order valence-electron chi connectivity index (χ1n) is 5.25. The van der Waals surface area contributed by atoms with Crippen molar-refractivity contribution in [3.63, 3.8) is 0 Å². The first-order valence-corrected chi connectivity index (χ1v) is 7.05. The zero-order valence-electron chi connectivity index (χ0n) is 9.60. The zero-order chi connectivity index (χ0) is 13.8. The van der Waals surface area contributed by atoms with Crippen LogP contribution in [0.15, 0.2) is 35.4 Å². The van der Waals surface area contributed by atoms with Crippen molar-refractivity contribution in [2.45, 2.75) is 0 Å². The Balaban J connectivity index is 2.39. The molecule has 2 aromatic rings. The van der Waals surface area contributed by atoms with Crippen molar-refractivity contribution < 1.29 is 5.11 Å². The molecule has 1 aromatic heterocycles. The Morgan fingerprint density at radius 3 is 2.63 bits per heavy atom. The fourth-order valence-electron chi connectivity index (χ4n) is 1.44. The van der Waals surface area contributed by atoms with Crippen LogP contribution in [0.25, 0.3) is 16.8 Å². The number of rotatable bonds is 3. The van der Waals surface area contributed by atoms with Crippen molar-refractivity contribution in [2.24, 2.45) is 0 Å². The lowest BCUT2D eigenvalue weighted by Gasteiger charge is -1.97. The van der Waals surface area contributed by atoms with Crippen molar-refractivity contribution in [1.29, 1.82) is 5.26 Å². The number of aromatic nitrogens is 1. The molecule has 0 amide bonds. The fraction of sp³-hybridized carbons (Fsp3) is 0.0769. The minimum Gasteiger partial charge on any atom is -0.510 e. The lowest BCUT2D eigenvalue weighted by molar-refractivity contribution is 0.420. The van der Waals surface area contributed by atoms with Crippen LogP contribution in [0.2, 0.25) is 5.02 Å². The van der Waals surface area contributed by atoms with Gasteiger partial charge in [-0.25, -0.2) is 4.98 Å². The number of aliphatic hydroxyl groups is 1. The molecule has 0 aliphatic heterocycles. The third-order valence-electron chi connectivity index (χ3n) is 2.38. The van der Waals surface area contributed by atoms with Gasteiger partial charge in [0.25, 0.3) is 0 Å². The van der Waals surface area contributed by atoms with Gasteiger partial charge >= 0.3 is 0 Å². The molecule has 0 atom stereocenters. The molecule has 0 saturated carbocycles. The van der Waals surface area contributed by atoms with Crippen molar-refractivity contribution >= 4 is 40.1 Å². The normalized spacial score (nSPS) is 11.8. The number of hydrogen-bond donors (Lipinski definition) is 1. The Morgan fingerprint density at radius 1 is 1.37 bits per heavy atom. The number of hydrogen-bond acceptors (Lipinski definition) is 4. The summed E-state index contributed by atoms with van der Waals surface area (Å²) in [4.78, 5) is 4.33. The van der Waals surface area contributed by atoms with Gasteiger partial charge in [0, 0.05) is 16.0 Å². The maximum absolute atomic E-state index is 9.56. The topological polar surface area (TPSA) is 56.9 Å². The number of benzene rings is 1. The van der Waals surface area contributed by atoms with E-state index in [4.69, 9.17) is 28.5 Å². The van der Waals surface area contributed by atoms with Crippen LogP contribution in [0.3, 0.4) is 0 Å². The number of nitriles is 1. The molecule has 0 saturated heterocycles. The van der Waals surface area contributed by atoms with E-state index in [1.54, 1.807) is 12.1 Å². The number of thiazole rings is 1. The summed E-state index contributed by atoms with van der Waals surface area (Å²) in [7, 11) is 0. The van der Waals surface area contributed by atoms with Gasteiger partial charge in [0.2, 0.25) is 0 Å². The van der Waals surface area contributed by atoms with Crippen LogP contribution in [0.1, 0.15) is 5.01 Å². The Labute approximate surface area is 124 Å². The molecule has 0 fully saturated rings. The lowest BCUT2D eigenvalue weighted by atomic mass is 10.2. The van der Waals surface area contributed by atoms with Crippen molar-refractivity contribution in [2.75, 3.05) is 5.88 Å². The molecule has 6 heteroatoms. The van der Waals surface area contributed by atoms with Crippen molar-refractivity contribution in [3.05, 3.63) is 45.4 Å². The van der Waals surface area contributed by atoms with Crippen LogP contribution in [0, 0.1) is 11.3 Å². The van der Waals surface area contributed by atoms with Crippen LogP contribution in [0.5, 0.6) is 0 Å². The summed E-state index contributed by atoms with van der Waals surface area (Å²) in [5.74, 6) is -0.278. The van der Waals surface area contributed by atoms with E-state index >= 15 is 0 Å². The Kier molecular flexibility index (Phi) is 4.43. The van der Waals surface area contributed by atoms with Crippen molar-refractivity contribution in [1.82, 2.24) is 4.98 Å². The first kappa shape index (κ1) is 13.9. The summed E-state index contributed by atoms with van der Waals surface area (Å²) in [6.07, 6.45) is 0. The van der Waals surface area contributed by atoms with Gasteiger partial charge in [0.15, 0.2) is 0 Å².